The smallest absolute Gasteiger partial charge is 0.335 e. The van der Waals surface area contributed by atoms with Crippen molar-refractivity contribution in [3.8, 4) is 0 Å². The quantitative estimate of drug-likeness (QED) is 0.721. The minimum Gasteiger partial charge on any atom is -0.478 e. The molecule has 0 aliphatic carbocycles. The van der Waals surface area contributed by atoms with E-state index in [9.17, 15) is 4.79 Å². The second-order valence-electron chi connectivity index (χ2n) is 4.93. The van der Waals surface area contributed by atoms with Crippen LogP contribution in [0.5, 0.6) is 0 Å². The Morgan fingerprint density at radius 3 is 2.84 bits per heavy atom. The number of hydrogen-bond donors (Lipinski definition) is 3. The molecule has 0 bridgehead atoms. The van der Waals surface area contributed by atoms with Gasteiger partial charge in [0.25, 0.3) is 0 Å². The Morgan fingerprint density at radius 2 is 2.21 bits per heavy atom. The van der Waals surface area contributed by atoms with Crippen LogP contribution in [-0.4, -0.2) is 35.4 Å². The second-order valence-corrected chi connectivity index (χ2v) is 4.93. The molecule has 0 radical (unpaired) electrons. The first-order valence-corrected chi connectivity index (χ1v) is 6.64. The number of carboxylic acid groups (broad SMARTS) is 1. The lowest BCUT2D eigenvalue weighted by Gasteiger charge is -2.38. The maximum atomic E-state index is 10.9. The number of rotatable bonds is 4. The van der Waals surface area contributed by atoms with E-state index in [1.54, 1.807) is 12.1 Å². The van der Waals surface area contributed by atoms with Gasteiger partial charge in [-0.15, -0.1) is 0 Å². The molecule has 5 heteroatoms. The Kier molecular flexibility index (Phi) is 4.27. The number of hydrogen-bond acceptors (Lipinski definition) is 4. The molecular weight excluding hydrogens is 244 g/mol. The summed E-state index contributed by atoms with van der Waals surface area (Å²) in [6.07, 6.45) is 4.02. The van der Waals surface area contributed by atoms with Crippen LogP contribution in [0.25, 0.3) is 0 Å². The molecule has 1 atom stereocenters. The summed E-state index contributed by atoms with van der Waals surface area (Å²) in [6.45, 7) is 1.07. The summed E-state index contributed by atoms with van der Waals surface area (Å²) >= 11 is 0. The molecule has 0 amide bonds. The normalized spacial score (nSPS) is 19.4. The summed E-state index contributed by atoms with van der Waals surface area (Å²) < 4.78 is 0. The predicted molar refractivity (Wildman–Crippen MR) is 74.5 cm³/mol. The van der Waals surface area contributed by atoms with E-state index in [-0.39, 0.29) is 18.2 Å². The Hall–Kier alpha value is -1.75. The lowest BCUT2D eigenvalue weighted by atomic mass is 9.98. The zero-order valence-electron chi connectivity index (χ0n) is 10.9. The molecule has 1 aliphatic heterocycles. The van der Waals surface area contributed by atoms with Gasteiger partial charge in [-0.3, -0.25) is 0 Å². The molecule has 1 unspecified atom stereocenters. The Bertz CT molecular complexity index is 460. The third-order valence-electron chi connectivity index (χ3n) is 3.67. The van der Waals surface area contributed by atoms with Gasteiger partial charge in [-0.05, 0) is 43.9 Å². The molecule has 1 saturated heterocycles. The molecule has 0 saturated carbocycles. The van der Waals surface area contributed by atoms with Crippen molar-refractivity contribution < 1.29 is 15.0 Å². The number of piperidine rings is 1. The molecular formula is C14H20N2O3. The van der Waals surface area contributed by atoms with Gasteiger partial charge in [0.15, 0.2) is 0 Å². The van der Waals surface area contributed by atoms with Crippen LogP contribution < -0.4 is 10.6 Å². The third kappa shape index (κ3) is 2.98. The van der Waals surface area contributed by atoms with Crippen LogP contribution in [-0.2, 0) is 0 Å². The predicted octanol–water partition coefficient (Wildman–Crippen LogP) is 1.71. The number of aliphatic hydroxyl groups excluding tert-OH is 1. The molecule has 1 heterocycles. The fourth-order valence-electron chi connectivity index (χ4n) is 2.72. The van der Waals surface area contributed by atoms with Crippen molar-refractivity contribution in [2.75, 3.05) is 23.8 Å². The summed E-state index contributed by atoms with van der Waals surface area (Å²) in [7, 11) is 0. The van der Waals surface area contributed by atoms with Crippen LogP contribution in [0.15, 0.2) is 18.2 Å². The van der Waals surface area contributed by atoms with E-state index in [4.69, 9.17) is 15.9 Å². The van der Waals surface area contributed by atoms with Crippen molar-refractivity contribution in [2.45, 2.75) is 31.7 Å². The van der Waals surface area contributed by atoms with E-state index in [1.807, 2.05) is 0 Å². The van der Waals surface area contributed by atoms with Crippen molar-refractivity contribution in [1.82, 2.24) is 0 Å². The largest absolute Gasteiger partial charge is 0.478 e. The lowest BCUT2D eigenvalue weighted by Crippen LogP contribution is -2.40. The van der Waals surface area contributed by atoms with Crippen LogP contribution >= 0.6 is 0 Å². The molecule has 4 N–H and O–H groups in total. The Balaban J connectivity index is 2.26. The highest BCUT2D eigenvalue weighted by molar-refractivity contribution is 5.90. The number of benzene rings is 1. The highest BCUT2D eigenvalue weighted by Gasteiger charge is 2.23. The van der Waals surface area contributed by atoms with Gasteiger partial charge in [0.05, 0.1) is 16.9 Å². The van der Waals surface area contributed by atoms with Crippen molar-refractivity contribution >= 4 is 17.3 Å². The number of carbonyl (C=O) groups is 1. The van der Waals surface area contributed by atoms with E-state index >= 15 is 0 Å². The SMILES string of the molecule is Nc1cc(C(=O)O)ccc1N1CCCCC1CCO. The minimum absolute atomic E-state index is 0.161. The van der Waals surface area contributed by atoms with Gasteiger partial charge < -0.3 is 20.8 Å². The standard InChI is InChI=1S/C14H20N2O3/c15-12-9-10(14(18)19)4-5-13(12)16-7-2-1-3-11(16)6-8-17/h4-5,9,11,17H,1-3,6-8,15H2,(H,18,19). The van der Waals surface area contributed by atoms with Crippen LogP contribution in [0.2, 0.25) is 0 Å². The molecule has 1 fully saturated rings. The van der Waals surface area contributed by atoms with Gasteiger partial charge in [0, 0.05) is 19.2 Å². The van der Waals surface area contributed by atoms with Gasteiger partial charge in [0.1, 0.15) is 0 Å². The van der Waals surface area contributed by atoms with Crippen LogP contribution in [0.3, 0.4) is 0 Å². The zero-order valence-corrected chi connectivity index (χ0v) is 10.9. The van der Waals surface area contributed by atoms with Crippen molar-refractivity contribution in [2.24, 2.45) is 0 Å². The van der Waals surface area contributed by atoms with Crippen molar-refractivity contribution in [3.05, 3.63) is 23.8 Å². The molecule has 5 nitrogen and oxygen atoms in total. The summed E-state index contributed by atoms with van der Waals surface area (Å²) in [5.41, 5.74) is 7.55. The maximum absolute atomic E-state index is 10.9. The number of carboxylic acids is 1. The Morgan fingerprint density at radius 1 is 1.42 bits per heavy atom. The second kappa shape index (κ2) is 5.93. The molecule has 0 aromatic heterocycles. The first-order chi connectivity index (χ1) is 9.13. The minimum atomic E-state index is -0.969. The van der Waals surface area contributed by atoms with Gasteiger partial charge in [-0.25, -0.2) is 4.79 Å². The van der Waals surface area contributed by atoms with Gasteiger partial charge in [-0.1, -0.05) is 0 Å². The molecule has 104 valence electrons. The molecule has 1 aromatic carbocycles. The fraction of sp³-hybridized carbons (Fsp3) is 0.500. The third-order valence-corrected chi connectivity index (χ3v) is 3.67. The van der Waals surface area contributed by atoms with Crippen LogP contribution in [0, 0.1) is 0 Å². The molecule has 1 aliphatic rings. The van der Waals surface area contributed by atoms with Crippen LogP contribution in [0.1, 0.15) is 36.0 Å². The van der Waals surface area contributed by atoms with Gasteiger partial charge >= 0.3 is 5.97 Å². The maximum Gasteiger partial charge on any atom is 0.335 e. The first-order valence-electron chi connectivity index (χ1n) is 6.64. The number of anilines is 2. The highest BCUT2D eigenvalue weighted by atomic mass is 16.4. The topological polar surface area (TPSA) is 86.8 Å². The van der Waals surface area contributed by atoms with Crippen molar-refractivity contribution in [1.29, 1.82) is 0 Å². The summed E-state index contributed by atoms with van der Waals surface area (Å²) in [5, 5.41) is 18.1. The zero-order chi connectivity index (χ0) is 13.8. The van der Waals surface area contributed by atoms with Gasteiger partial charge in [-0.2, -0.15) is 0 Å². The van der Waals surface area contributed by atoms with Gasteiger partial charge in [0.2, 0.25) is 0 Å². The number of nitrogens with zero attached hydrogens (tertiary/aromatic N) is 1. The van der Waals surface area contributed by atoms with Crippen LogP contribution in [0.4, 0.5) is 11.4 Å². The van der Waals surface area contributed by atoms with E-state index in [1.165, 1.54) is 6.07 Å². The fourth-order valence-corrected chi connectivity index (χ4v) is 2.72. The van der Waals surface area contributed by atoms with E-state index in [2.05, 4.69) is 4.90 Å². The number of aromatic carboxylic acids is 1. The van der Waals surface area contributed by atoms with E-state index in [0.29, 0.717) is 5.69 Å². The lowest BCUT2D eigenvalue weighted by molar-refractivity contribution is 0.0697. The average molecular weight is 264 g/mol. The van der Waals surface area contributed by atoms with Crippen molar-refractivity contribution in [3.63, 3.8) is 0 Å². The van der Waals surface area contributed by atoms with E-state index in [0.717, 1.165) is 37.9 Å². The van der Waals surface area contributed by atoms with E-state index < -0.39 is 5.97 Å². The first kappa shape index (κ1) is 13.7. The summed E-state index contributed by atoms with van der Waals surface area (Å²) in [5.74, 6) is -0.969. The number of nitrogens with two attached hydrogens (primary N) is 1. The summed E-state index contributed by atoms with van der Waals surface area (Å²) in [4.78, 5) is 13.1. The number of nitrogen functional groups attached to an aromatic ring is 1. The average Bonchev–Trinajstić information content (AvgIpc) is 2.40. The molecule has 1 aromatic rings. The number of aliphatic hydroxyl groups is 1. The highest BCUT2D eigenvalue weighted by Crippen LogP contribution is 2.31. The molecule has 2 rings (SSSR count). The Labute approximate surface area is 112 Å². The summed E-state index contributed by atoms with van der Waals surface area (Å²) in [6, 6.07) is 5.15. The monoisotopic (exact) mass is 264 g/mol. The molecule has 19 heavy (non-hydrogen) atoms. The molecule has 0 spiro atoms.